The molecule has 7 nitrogen and oxygen atoms in total. The van der Waals surface area contributed by atoms with Crippen LogP contribution in [0.4, 0.5) is 9.93 Å². The number of methoxy groups -OCH3 is 1. The zero-order valence-corrected chi connectivity index (χ0v) is 18.6. The second kappa shape index (κ2) is 11.2. The van der Waals surface area contributed by atoms with Gasteiger partial charge in [-0.2, -0.15) is 0 Å². The van der Waals surface area contributed by atoms with Gasteiger partial charge in [-0.25, -0.2) is 9.78 Å². The van der Waals surface area contributed by atoms with Crippen LogP contribution in [0.15, 0.2) is 34.7 Å². The Hall–Kier alpha value is -2.26. The zero-order valence-electron chi connectivity index (χ0n) is 17.0. The molecule has 0 atom stereocenters. The Kier molecular flexibility index (Phi) is 8.39. The number of hydrogen-bond acceptors (Lipinski definition) is 6. The van der Waals surface area contributed by atoms with Crippen molar-refractivity contribution in [3.05, 3.63) is 36.0 Å². The fourth-order valence-electron chi connectivity index (χ4n) is 3.60. The average molecular weight is 450 g/mol. The number of carboxylic acids is 1. The number of urea groups is 1. The molecular formula is C21H27N3O4S2. The molecule has 0 radical (unpaired) electrons. The van der Waals surface area contributed by atoms with Crippen LogP contribution in [0.3, 0.4) is 0 Å². The summed E-state index contributed by atoms with van der Waals surface area (Å²) in [5.74, 6) is -0.0834. The lowest BCUT2D eigenvalue weighted by Gasteiger charge is -2.34. The molecule has 1 aliphatic carbocycles. The Balaban J connectivity index is 1.65. The second-order valence-electron chi connectivity index (χ2n) is 7.18. The minimum atomic E-state index is -0.875. The summed E-state index contributed by atoms with van der Waals surface area (Å²) in [6, 6.07) is 8.01. The van der Waals surface area contributed by atoms with E-state index in [1.807, 2.05) is 29.2 Å². The van der Waals surface area contributed by atoms with Crippen LogP contribution in [-0.2, 0) is 11.2 Å². The van der Waals surface area contributed by atoms with E-state index in [1.165, 1.54) is 29.5 Å². The number of carboxylic acid groups (broad SMARTS) is 1. The Morgan fingerprint density at radius 1 is 1.33 bits per heavy atom. The number of benzene rings is 1. The van der Waals surface area contributed by atoms with Crippen molar-refractivity contribution < 1.29 is 19.4 Å². The van der Waals surface area contributed by atoms with Crippen LogP contribution in [0.25, 0.3) is 0 Å². The Morgan fingerprint density at radius 3 is 2.87 bits per heavy atom. The summed E-state index contributed by atoms with van der Waals surface area (Å²) in [5, 5.41) is 12.2. The second-order valence-corrected chi connectivity index (χ2v) is 9.49. The summed E-state index contributed by atoms with van der Waals surface area (Å²) >= 11 is 2.50. The van der Waals surface area contributed by atoms with Gasteiger partial charge in [-0.15, -0.1) is 11.8 Å². The molecule has 1 aliphatic rings. The number of hydrogen-bond donors (Lipinski definition) is 2. The fourth-order valence-corrected chi connectivity index (χ4v) is 5.18. The maximum Gasteiger partial charge on any atom is 0.323 e. The van der Waals surface area contributed by atoms with Crippen LogP contribution < -0.4 is 10.1 Å². The highest BCUT2D eigenvalue weighted by atomic mass is 32.2. The third-order valence-corrected chi connectivity index (χ3v) is 7.18. The molecule has 162 valence electrons. The number of thioether (sulfide) groups is 1. The molecule has 9 heteroatoms. The molecule has 0 unspecified atom stereocenters. The molecule has 3 rings (SSSR count). The summed E-state index contributed by atoms with van der Waals surface area (Å²) in [6.07, 6.45) is 7.89. The molecular weight excluding hydrogens is 422 g/mol. The lowest BCUT2D eigenvalue weighted by molar-refractivity contribution is -0.133. The van der Waals surface area contributed by atoms with Gasteiger partial charge in [0.1, 0.15) is 5.75 Å². The maximum absolute atomic E-state index is 13.1. The van der Waals surface area contributed by atoms with Crippen LogP contribution in [-0.4, -0.2) is 52.4 Å². The standard InChI is InChI=1S/C21H27N3O4S2/c1-28-17-9-5-6-15(12-17)10-11-24(16-7-3-2-4-8-16)21(27)23-20-22-13-19(30-20)29-14-18(25)26/h5-6,9,12-13,16H,2-4,7-8,10-11,14H2,1H3,(H,25,26)(H,22,23,27). The SMILES string of the molecule is COc1cccc(CCN(C(=O)Nc2ncc(SCC(=O)O)s2)C2CCCCC2)c1. The molecule has 1 aromatic heterocycles. The number of carbonyl (C=O) groups excluding carboxylic acids is 1. The van der Waals surface area contributed by atoms with E-state index in [0.717, 1.165) is 47.6 Å². The number of nitrogens with one attached hydrogen (secondary N) is 1. The molecule has 0 bridgehead atoms. The topological polar surface area (TPSA) is 91.8 Å². The predicted octanol–water partition coefficient (Wildman–Crippen LogP) is 4.74. The molecule has 1 fully saturated rings. The first kappa shape index (κ1) is 22.4. The summed E-state index contributed by atoms with van der Waals surface area (Å²) in [4.78, 5) is 30.0. The minimum Gasteiger partial charge on any atom is -0.497 e. The summed E-state index contributed by atoms with van der Waals surface area (Å²) < 4.78 is 6.07. The van der Waals surface area contributed by atoms with Crippen molar-refractivity contribution >= 4 is 40.2 Å². The third-order valence-electron chi connectivity index (χ3n) is 5.09. The predicted molar refractivity (Wildman–Crippen MR) is 120 cm³/mol. The van der Waals surface area contributed by atoms with E-state index in [4.69, 9.17) is 9.84 Å². The number of ether oxygens (including phenoxy) is 1. The number of aliphatic carboxylic acids is 1. The van der Waals surface area contributed by atoms with Crippen molar-refractivity contribution in [1.82, 2.24) is 9.88 Å². The van der Waals surface area contributed by atoms with Gasteiger partial charge in [0.05, 0.1) is 23.3 Å². The van der Waals surface area contributed by atoms with Crippen molar-refractivity contribution in [2.75, 3.05) is 24.7 Å². The van der Waals surface area contributed by atoms with Crippen molar-refractivity contribution in [2.45, 2.75) is 48.8 Å². The van der Waals surface area contributed by atoms with Gasteiger partial charge in [0, 0.05) is 12.6 Å². The van der Waals surface area contributed by atoms with Crippen molar-refractivity contribution in [3.63, 3.8) is 0 Å². The first-order chi connectivity index (χ1) is 14.5. The average Bonchev–Trinajstić information content (AvgIpc) is 3.20. The van der Waals surface area contributed by atoms with E-state index < -0.39 is 5.97 Å². The molecule has 2 N–H and O–H groups in total. The van der Waals surface area contributed by atoms with E-state index in [1.54, 1.807) is 13.3 Å². The van der Waals surface area contributed by atoms with Crippen molar-refractivity contribution in [2.24, 2.45) is 0 Å². The van der Waals surface area contributed by atoms with Gasteiger partial charge in [0.25, 0.3) is 0 Å². The minimum absolute atomic E-state index is 0.0235. The Morgan fingerprint density at radius 2 is 2.13 bits per heavy atom. The Labute approximate surface area is 184 Å². The van der Waals surface area contributed by atoms with Gasteiger partial charge in [-0.1, -0.05) is 42.7 Å². The van der Waals surface area contributed by atoms with E-state index >= 15 is 0 Å². The molecule has 1 heterocycles. The smallest absolute Gasteiger partial charge is 0.323 e. The largest absolute Gasteiger partial charge is 0.497 e. The van der Waals surface area contributed by atoms with Gasteiger partial charge in [0.2, 0.25) is 0 Å². The first-order valence-corrected chi connectivity index (χ1v) is 11.9. The molecule has 1 saturated carbocycles. The lowest BCUT2D eigenvalue weighted by atomic mass is 9.94. The number of nitrogens with zero attached hydrogens (tertiary/aromatic N) is 2. The summed E-state index contributed by atoms with van der Waals surface area (Å²) in [7, 11) is 1.65. The number of amides is 2. The van der Waals surface area contributed by atoms with Gasteiger partial charge >= 0.3 is 12.0 Å². The number of aromatic nitrogens is 1. The lowest BCUT2D eigenvalue weighted by Crippen LogP contribution is -2.45. The third kappa shape index (κ3) is 6.63. The monoisotopic (exact) mass is 449 g/mol. The first-order valence-electron chi connectivity index (χ1n) is 10.1. The van der Waals surface area contributed by atoms with Gasteiger partial charge in [-0.3, -0.25) is 10.1 Å². The molecule has 0 aliphatic heterocycles. The Bertz CT molecular complexity index is 852. The maximum atomic E-state index is 13.1. The van der Waals surface area contributed by atoms with Crippen LogP contribution >= 0.6 is 23.1 Å². The summed E-state index contributed by atoms with van der Waals surface area (Å²) in [6.45, 7) is 0.621. The number of rotatable bonds is 9. The highest BCUT2D eigenvalue weighted by molar-refractivity contribution is 8.01. The van der Waals surface area contributed by atoms with E-state index in [2.05, 4.69) is 10.3 Å². The van der Waals surface area contributed by atoms with Gasteiger partial charge < -0.3 is 14.7 Å². The molecule has 30 heavy (non-hydrogen) atoms. The molecule has 2 aromatic rings. The highest BCUT2D eigenvalue weighted by Gasteiger charge is 2.26. The molecule has 0 saturated heterocycles. The van der Waals surface area contributed by atoms with E-state index in [-0.39, 0.29) is 17.8 Å². The zero-order chi connectivity index (χ0) is 21.3. The number of carbonyl (C=O) groups is 2. The van der Waals surface area contributed by atoms with Gasteiger partial charge in [-0.05, 0) is 37.0 Å². The molecule has 1 aromatic carbocycles. The van der Waals surface area contributed by atoms with Crippen molar-refractivity contribution in [1.29, 1.82) is 0 Å². The number of thiazole rings is 1. The molecule has 0 spiro atoms. The van der Waals surface area contributed by atoms with Crippen molar-refractivity contribution in [3.8, 4) is 5.75 Å². The van der Waals surface area contributed by atoms with E-state index in [0.29, 0.717) is 11.7 Å². The molecule has 2 amide bonds. The number of anilines is 1. The van der Waals surface area contributed by atoms with Gasteiger partial charge in [0.15, 0.2) is 5.13 Å². The summed E-state index contributed by atoms with van der Waals surface area (Å²) in [5.41, 5.74) is 1.13. The fraction of sp³-hybridized carbons (Fsp3) is 0.476. The highest BCUT2D eigenvalue weighted by Crippen LogP contribution is 2.29. The van der Waals surface area contributed by atoms with E-state index in [9.17, 15) is 9.59 Å². The quantitative estimate of drug-likeness (QED) is 0.538. The normalized spacial score (nSPS) is 14.3. The van der Waals surface area contributed by atoms with Crippen LogP contribution in [0.5, 0.6) is 5.75 Å². The van der Waals surface area contributed by atoms with Crippen LogP contribution in [0.1, 0.15) is 37.7 Å². The van der Waals surface area contributed by atoms with Crippen LogP contribution in [0, 0.1) is 0 Å². The van der Waals surface area contributed by atoms with Crippen LogP contribution in [0.2, 0.25) is 0 Å².